The summed E-state index contributed by atoms with van der Waals surface area (Å²) in [7, 11) is 0. The third-order valence-corrected chi connectivity index (χ3v) is 3.40. The van der Waals surface area contributed by atoms with Gasteiger partial charge in [-0.25, -0.2) is 4.98 Å². The van der Waals surface area contributed by atoms with Crippen molar-refractivity contribution in [2.24, 2.45) is 0 Å². The highest BCUT2D eigenvalue weighted by Crippen LogP contribution is 2.21. The number of rotatable bonds is 4. The van der Waals surface area contributed by atoms with Crippen molar-refractivity contribution in [3.8, 4) is 6.07 Å². The molecule has 15 heavy (non-hydrogen) atoms. The van der Waals surface area contributed by atoms with Crippen molar-refractivity contribution in [3.05, 3.63) is 24.0 Å². The molecule has 1 heterocycles. The summed E-state index contributed by atoms with van der Waals surface area (Å²) in [5, 5.41) is 11.9. The fraction of sp³-hybridized carbons (Fsp3) is 0.455. The zero-order chi connectivity index (χ0) is 11.3. The van der Waals surface area contributed by atoms with Gasteiger partial charge in [0.15, 0.2) is 0 Å². The summed E-state index contributed by atoms with van der Waals surface area (Å²) >= 11 is 1.82. The van der Waals surface area contributed by atoms with Gasteiger partial charge in [-0.3, -0.25) is 0 Å². The first-order valence-corrected chi connectivity index (χ1v) is 5.95. The molecule has 1 aromatic rings. The second-order valence-corrected chi connectivity index (χ2v) is 5.37. The number of hydrogen-bond acceptors (Lipinski definition) is 4. The van der Waals surface area contributed by atoms with Crippen LogP contribution in [0.25, 0.3) is 0 Å². The van der Waals surface area contributed by atoms with E-state index in [1.54, 1.807) is 12.3 Å². The molecule has 0 aliphatic heterocycles. The van der Waals surface area contributed by atoms with Gasteiger partial charge in [-0.1, -0.05) is 0 Å². The van der Waals surface area contributed by atoms with Crippen LogP contribution in [-0.4, -0.2) is 22.5 Å². The molecule has 0 fully saturated rings. The van der Waals surface area contributed by atoms with Gasteiger partial charge in [0.05, 0.1) is 11.9 Å². The molecule has 0 aliphatic carbocycles. The first-order valence-electron chi connectivity index (χ1n) is 4.72. The number of hydrogen-bond donors (Lipinski definition) is 1. The fourth-order valence-corrected chi connectivity index (χ4v) is 1.17. The molecule has 4 heteroatoms. The molecule has 1 aromatic heterocycles. The van der Waals surface area contributed by atoms with Crippen molar-refractivity contribution >= 4 is 17.4 Å². The highest BCUT2D eigenvalue weighted by atomic mass is 32.2. The van der Waals surface area contributed by atoms with Crippen molar-refractivity contribution < 1.29 is 0 Å². The van der Waals surface area contributed by atoms with E-state index < -0.39 is 0 Å². The molecule has 0 bridgehead atoms. The van der Waals surface area contributed by atoms with Crippen LogP contribution in [-0.2, 0) is 0 Å². The molecule has 1 N–H and O–H groups in total. The van der Waals surface area contributed by atoms with E-state index in [9.17, 15) is 0 Å². The number of nitrogens with one attached hydrogen (secondary N) is 1. The minimum absolute atomic E-state index is 0.202. The second-order valence-electron chi connectivity index (χ2n) is 3.86. The highest BCUT2D eigenvalue weighted by Gasteiger charge is 2.14. The maximum Gasteiger partial charge on any atom is 0.140 e. The van der Waals surface area contributed by atoms with E-state index in [4.69, 9.17) is 5.26 Å². The van der Waals surface area contributed by atoms with Crippen LogP contribution < -0.4 is 5.32 Å². The second kappa shape index (κ2) is 5.04. The lowest BCUT2D eigenvalue weighted by Crippen LogP contribution is -2.25. The molecular weight excluding hydrogens is 206 g/mol. The number of nitrogens with zero attached hydrogens (tertiary/aromatic N) is 2. The van der Waals surface area contributed by atoms with Gasteiger partial charge >= 0.3 is 0 Å². The van der Waals surface area contributed by atoms with Gasteiger partial charge in [-0.05, 0) is 32.2 Å². The fourth-order valence-electron chi connectivity index (χ4n) is 0.952. The molecule has 0 aromatic carbocycles. The van der Waals surface area contributed by atoms with E-state index in [-0.39, 0.29) is 4.75 Å². The number of pyridine rings is 1. The Bertz CT molecular complexity index is 351. The zero-order valence-corrected chi connectivity index (χ0v) is 10.1. The van der Waals surface area contributed by atoms with Crippen LogP contribution in [0.3, 0.4) is 0 Å². The van der Waals surface area contributed by atoms with E-state index >= 15 is 0 Å². The molecule has 0 amide bonds. The van der Waals surface area contributed by atoms with E-state index in [0.717, 1.165) is 12.2 Å². The van der Waals surface area contributed by atoms with E-state index in [0.29, 0.717) is 5.69 Å². The topological polar surface area (TPSA) is 48.7 Å². The summed E-state index contributed by atoms with van der Waals surface area (Å²) in [6.07, 6.45) is 3.79. The summed E-state index contributed by atoms with van der Waals surface area (Å²) in [5.41, 5.74) is 1.40. The largest absolute Gasteiger partial charge is 0.382 e. The molecule has 0 saturated heterocycles. The van der Waals surface area contributed by atoms with E-state index in [1.807, 2.05) is 23.9 Å². The lowest BCUT2D eigenvalue weighted by Gasteiger charge is -2.22. The smallest absolute Gasteiger partial charge is 0.140 e. The van der Waals surface area contributed by atoms with Gasteiger partial charge in [0.2, 0.25) is 0 Å². The minimum atomic E-state index is 0.202. The monoisotopic (exact) mass is 221 g/mol. The number of nitriles is 1. The van der Waals surface area contributed by atoms with Gasteiger partial charge in [-0.15, -0.1) is 0 Å². The van der Waals surface area contributed by atoms with Crippen molar-refractivity contribution in [1.82, 2.24) is 4.98 Å². The maximum absolute atomic E-state index is 8.59. The van der Waals surface area contributed by atoms with Gasteiger partial charge in [0, 0.05) is 11.3 Å². The van der Waals surface area contributed by atoms with Crippen molar-refractivity contribution in [2.75, 3.05) is 18.1 Å². The molecule has 0 atom stereocenters. The van der Waals surface area contributed by atoms with Crippen LogP contribution in [0.1, 0.15) is 19.5 Å². The Labute approximate surface area is 94.9 Å². The Morgan fingerprint density at radius 1 is 1.53 bits per heavy atom. The zero-order valence-electron chi connectivity index (χ0n) is 9.24. The van der Waals surface area contributed by atoms with Crippen LogP contribution in [0.2, 0.25) is 0 Å². The molecule has 0 spiro atoms. The third kappa shape index (κ3) is 3.80. The Hall–Kier alpha value is -1.21. The predicted octanol–water partition coefficient (Wildman–Crippen LogP) is 2.51. The molecule has 0 unspecified atom stereocenters. The van der Waals surface area contributed by atoms with Crippen molar-refractivity contribution in [1.29, 1.82) is 5.26 Å². The van der Waals surface area contributed by atoms with Crippen LogP contribution in [0, 0.1) is 11.3 Å². The number of anilines is 1. The summed E-state index contributed by atoms with van der Waals surface area (Å²) in [6.45, 7) is 5.24. The quantitative estimate of drug-likeness (QED) is 0.848. The first kappa shape index (κ1) is 11.9. The Morgan fingerprint density at radius 3 is 2.73 bits per heavy atom. The summed E-state index contributed by atoms with van der Waals surface area (Å²) in [4.78, 5) is 3.99. The SMILES string of the molecule is CSC(C)(C)CNc1ccc(C#N)nc1. The number of aromatic nitrogens is 1. The summed E-state index contributed by atoms with van der Waals surface area (Å²) in [5.74, 6) is 0. The Balaban J connectivity index is 2.56. The molecule has 3 nitrogen and oxygen atoms in total. The standard InChI is InChI=1S/C11H15N3S/c1-11(2,15-3)8-14-10-5-4-9(6-12)13-7-10/h4-5,7,14H,8H2,1-3H3. The van der Waals surface area contributed by atoms with Gasteiger partial charge in [0.25, 0.3) is 0 Å². The van der Waals surface area contributed by atoms with Crippen LogP contribution in [0.5, 0.6) is 0 Å². The molecule has 0 radical (unpaired) electrons. The third-order valence-electron chi connectivity index (χ3n) is 2.15. The average molecular weight is 221 g/mol. The van der Waals surface area contributed by atoms with E-state index in [1.165, 1.54) is 0 Å². The van der Waals surface area contributed by atoms with Crippen molar-refractivity contribution in [3.63, 3.8) is 0 Å². The summed E-state index contributed by atoms with van der Waals surface area (Å²) < 4.78 is 0.202. The first-order chi connectivity index (χ1) is 7.07. The van der Waals surface area contributed by atoms with Gasteiger partial charge < -0.3 is 5.32 Å². The normalized spacial score (nSPS) is 10.8. The maximum atomic E-state index is 8.59. The average Bonchev–Trinajstić information content (AvgIpc) is 2.27. The molecule has 0 aliphatic rings. The molecule has 80 valence electrons. The minimum Gasteiger partial charge on any atom is -0.382 e. The van der Waals surface area contributed by atoms with Crippen molar-refractivity contribution in [2.45, 2.75) is 18.6 Å². The highest BCUT2D eigenvalue weighted by molar-refractivity contribution is 7.99. The van der Waals surface area contributed by atoms with Crippen LogP contribution in [0.15, 0.2) is 18.3 Å². The molecule has 0 saturated carbocycles. The molecule has 1 rings (SSSR count). The van der Waals surface area contributed by atoms with Crippen LogP contribution in [0.4, 0.5) is 5.69 Å². The lowest BCUT2D eigenvalue weighted by atomic mass is 10.2. The Kier molecular flexibility index (Phi) is 3.98. The predicted molar refractivity (Wildman–Crippen MR) is 65.0 cm³/mol. The molecular formula is C11H15N3S. The van der Waals surface area contributed by atoms with Gasteiger partial charge in [0.1, 0.15) is 11.8 Å². The van der Waals surface area contributed by atoms with Gasteiger partial charge in [-0.2, -0.15) is 17.0 Å². The van der Waals surface area contributed by atoms with E-state index in [2.05, 4.69) is 30.4 Å². The van der Waals surface area contributed by atoms with Crippen LogP contribution >= 0.6 is 11.8 Å². The number of thioether (sulfide) groups is 1. The summed E-state index contributed by atoms with van der Waals surface area (Å²) in [6, 6.07) is 5.59. The lowest BCUT2D eigenvalue weighted by molar-refractivity contribution is 0.752. The Morgan fingerprint density at radius 2 is 2.27 bits per heavy atom.